The van der Waals surface area contributed by atoms with Crippen LogP contribution >= 0.6 is 0 Å². The van der Waals surface area contributed by atoms with E-state index in [2.05, 4.69) is 15.2 Å². The van der Waals surface area contributed by atoms with Crippen molar-refractivity contribution in [1.29, 1.82) is 0 Å². The highest BCUT2D eigenvalue weighted by Gasteiger charge is 2.24. The molecule has 2 aromatic heterocycles. The largest absolute Gasteiger partial charge is 0.489 e. The zero-order valence-corrected chi connectivity index (χ0v) is 14.1. The van der Waals surface area contributed by atoms with Crippen LogP contribution in [0.2, 0.25) is 0 Å². The number of hydrogen-bond donors (Lipinski definition) is 1. The summed E-state index contributed by atoms with van der Waals surface area (Å²) in [5, 5.41) is 2.74. The molecule has 1 aliphatic rings. The lowest BCUT2D eigenvalue weighted by Gasteiger charge is -2.16. The van der Waals surface area contributed by atoms with Gasteiger partial charge in [-0.15, -0.1) is 0 Å². The van der Waals surface area contributed by atoms with Gasteiger partial charge in [0.25, 0.3) is 0 Å². The smallest absolute Gasteiger partial charge is 0.217 e. The van der Waals surface area contributed by atoms with Gasteiger partial charge in [0.1, 0.15) is 23.4 Å². The highest BCUT2D eigenvalue weighted by atomic mass is 16.5. The molecular formula is C18H23N3O3. The van der Waals surface area contributed by atoms with Crippen LogP contribution in [0.1, 0.15) is 30.6 Å². The first kappa shape index (κ1) is 16.5. The number of carbonyl (C=O) groups excluding carboxylic acids is 1. The van der Waals surface area contributed by atoms with Crippen LogP contribution in [0.5, 0.6) is 5.75 Å². The van der Waals surface area contributed by atoms with E-state index in [-0.39, 0.29) is 12.0 Å². The van der Waals surface area contributed by atoms with Crippen molar-refractivity contribution in [2.45, 2.75) is 39.5 Å². The molecule has 128 valence electrons. The van der Waals surface area contributed by atoms with Crippen LogP contribution in [0.4, 0.5) is 0 Å². The maximum Gasteiger partial charge on any atom is 0.217 e. The van der Waals surface area contributed by atoms with Crippen LogP contribution in [-0.4, -0.2) is 35.0 Å². The summed E-state index contributed by atoms with van der Waals surface area (Å²) >= 11 is 0. The lowest BCUT2D eigenvalue weighted by Crippen LogP contribution is -2.24. The quantitative estimate of drug-likeness (QED) is 0.880. The second kappa shape index (κ2) is 7.49. The molecule has 1 N–H and O–H groups in total. The Hall–Kier alpha value is -2.34. The summed E-state index contributed by atoms with van der Waals surface area (Å²) in [6.07, 6.45) is 2.87. The maximum absolute atomic E-state index is 11.0. The Morgan fingerprint density at radius 1 is 1.46 bits per heavy atom. The van der Waals surface area contributed by atoms with Crippen molar-refractivity contribution in [3.05, 3.63) is 47.7 Å². The van der Waals surface area contributed by atoms with Gasteiger partial charge in [-0.05, 0) is 31.5 Å². The number of furan rings is 1. The number of nitrogens with one attached hydrogen (secondary N) is 1. The molecule has 1 saturated heterocycles. The second-order valence-corrected chi connectivity index (χ2v) is 6.17. The summed E-state index contributed by atoms with van der Waals surface area (Å²) < 4.78 is 11.7. The third kappa shape index (κ3) is 4.58. The van der Waals surface area contributed by atoms with Gasteiger partial charge in [-0.25, -0.2) is 0 Å². The monoisotopic (exact) mass is 329 g/mol. The first-order chi connectivity index (χ1) is 11.6. The van der Waals surface area contributed by atoms with E-state index in [0.29, 0.717) is 6.54 Å². The summed E-state index contributed by atoms with van der Waals surface area (Å²) in [6, 6.07) is 7.76. The van der Waals surface area contributed by atoms with Gasteiger partial charge in [0.2, 0.25) is 5.91 Å². The molecule has 0 bridgehead atoms. The Bertz CT molecular complexity index is 698. The molecule has 1 fully saturated rings. The molecule has 3 rings (SSSR count). The topological polar surface area (TPSA) is 67.6 Å². The lowest BCUT2D eigenvalue weighted by atomic mass is 10.3. The van der Waals surface area contributed by atoms with Crippen molar-refractivity contribution in [3.8, 4) is 5.75 Å². The molecule has 1 unspecified atom stereocenters. The van der Waals surface area contributed by atoms with Crippen molar-refractivity contribution in [3.63, 3.8) is 0 Å². The van der Waals surface area contributed by atoms with E-state index in [1.54, 1.807) is 6.20 Å². The number of ether oxygens (including phenoxy) is 1. The second-order valence-electron chi connectivity index (χ2n) is 6.17. The Kier molecular flexibility index (Phi) is 5.15. The minimum absolute atomic E-state index is 0.0669. The average Bonchev–Trinajstić information content (AvgIpc) is 3.15. The first-order valence-corrected chi connectivity index (χ1v) is 8.22. The molecule has 0 saturated carbocycles. The summed E-state index contributed by atoms with van der Waals surface area (Å²) in [6.45, 7) is 6.56. The van der Waals surface area contributed by atoms with Crippen molar-refractivity contribution in [2.75, 3.05) is 13.1 Å². The standard InChI is InChI=1S/C18H23N3O3/c1-13-3-4-17(23-13)11-21-8-6-18(12-21)24-16-5-7-19-15(9-16)10-20-14(2)22/h3-5,7,9,18H,6,8,10-12H2,1-2H3,(H,20,22). The molecule has 0 spiro atoms. The zero-order chi connectivity index (χ0) is 16.9. The minimum atomic E-state index is -0.0669. The summed E-state index contributed by atoms with van der Waals surface area (Å²) in [7, 11) is 0. The number of pyridine rings is 1. The van der Waals surface area contributed by atoms with Crippen molar-refractivity contribution >= 4 is 5.91 Å². The molecule has 24 heavy (non-hydrogen) atoms. The van der Waals surface area contributed by atoms with E-state index in [1.165, 1.54) is 6.92 Å². The number of carbonyl (C=O) groups is 1. The molecule has 2 aromatic rings. The number of aromatic nitrogens is 1. The van der Waals surface area contributed by atoms with Crippen LogP contribution in [-0.2, 0) is 17.9 Å². The Balaban J connectivity index is 1.51. The third-order valence-electron chi connectivity index (χ3n) is 4.01. The zero-order valence-electron chi connectivity index (χ0n) is 14.1. The van der Waals surface area contributed by atoms with Gasteiger partial charge in [0.05, 0.1) is 18.8 Å². The summed E-state index contributed by atoms with van der Waals surface area (Å²) in [4.78, 5) is 17.6. The van der Waals surface area contributed by atoms with Crippen LogP contribution in [0.25, 0.3) is 0 Å². The van der Waals surface area contributed by atoms with Gasteiger partial charge in [-0.1, -0.05) is 0 Å². The SMILES string of the molecule is CC(=O)NCc1cc(OC2CCN(Cc3ccc(C)o3)C2)ccn1. The van der Waals surface area contributed by atoms with Gasteiger partial charge in [-0.2, -0.15) is 0 Å². The summed E-state index contributed by atoms with van der Waals surface area (Å²) in [5.41, 5.74) is 0.795. The van der Waals surface area contributed by atoms with Gasteiger partial charge < -0.3 is 14.5 Å². The van der Waals surface area contributed by atoms with E-state index in [1.807, 2.05) is 31.2 Å². The molecule has 3 heterocycles. The first-order valence-electron chi connectivity index (χ1n) is 8.22. The number of nitrogens with zero attached hydrogens (tertiary/aromatic N) is 2. The minimum Gasteiger partial charge on any atom is -0.489 e. The molecule has 6 nitrogen and oxygen atoms in total. The van der Waals surface area contributed by atoms with Crippen LogP contribution in [0.15, 0.2) is 34.9 Å². The molecule has 0 aliphatic carbocycles. The third-order valence-corrected chi connectivity index (χ3v) is 4.01. The van der Waals surface area contributed by atoms with E-state index < -0.39 is 0 Å². The molecule has 1 atom stereocenters. The number of aryl methyl sites for hydroxylation is 1. The lowest BCUT2D eigenvalue weighted by molar-refractivity contribution is -0.119. The molecule has 0 radical (unpaired) electrons. The normalized spacial score (nSPS) is 17.8. The van der Waals surface area contributed by atoms with Crippen LogP contribution in [0, 0.1) is 6.92 Å². The highest BCUT2D eigenvalue weighted by molar-refractivity contribution is 5.72. The Morgan fingerprint density at radius 2 is 2.33 bits per heavy atom. The predicted octanol–water partition coefficient (Wildman–Crippen LogP) is 2.27. The van der Waals surface area contributed by atoms with Crippen LogP contribution < -0.4 is 10.1 Å². The Labute approximate surface area is 141 Å². The van der Waals surface area contributed by atoms with E-state index in [9.17, 15) is 4.79 Å². The molecule has 6 heteroatoms. The molecule has 1 amide bonds. The van der Waals surface area contributed by atoms with Crippen molar-refractivity contribution in [1.82, 2.24) is 15.2 Å². The van der Waals surface area contributed by atoms with Gasteiger partial charge in [0.15, 0.2) is 0 Å². The average molecular weight is 329 g/mol. The molecular weight excluding hydrogens is 306 g/mol. The van der Waals surface area contributed by atoms with Crippen LogP contribution in [0.3, 0.4) is 0 Å². The Morgan fingerprint density at radius 3 is 3.08 bits per heavy atom. The number of amides is 1. The van der Waals surface area contributed by atoms with Crippen molar-refractivity contribution < 1.29 is 13.9 Å². The molecule has 1 aliphatic heterocycles. The molecule has 0 aromatic carbocycles. The van der Waals surface area contributed by atoms with E-state index in [0.717, 1.165) is 49.0 Å². The fraction of sp³-hybridized carbons (Fsp3) is 0.444. The van der Waals surface area contributed by atoms with E-state index >= 15 is 0 Å². The van der Waals surface area contributed by atoms with Gasteiger partial charge >= 0.3 is 0 Å². The van der Waals surface area contributed by atoms with Gasteiger partial charge in [0, 0.05) is 32.3 Å². The fourth-order valence-electron chi connectivity index (χ4n) is 2.86. The van der Waals surface area contributed by atoms with Crippen molar-refractivity contribution in [2.24, 2.45) is 0 Å². The number of hydrogen-bond acceptors (Lipinski definition) is 5. The maximum atomic E-state index is 11.0. The number of likely N-dealkylation sites (tertiary alicyclic amines) is 1. The number of rotatable bonds is 6. The highest BCUT2D eigenvalue weighted by Crippen LogP contribution is 2.20. The van der Waals surface area contributed by atoms with Gasteiger partial charge in [-0.3, -0.25) is 14.7 Å². The fourth-order valence-corrected chi connectivity index (χ4v) is 2.86. The van der Waals surface area contributed by atoms with E-state index in [4.69, 9.17) is 9.15 Å². The predicted molar refractivity (Wildman–Crippen MR) is 89.5 cm³/mol. The summed E-state index contributed by atoms with van der Waals surface area (Å²) in [5.74, 6) is 2.67.